The van der Waals surface area contributed by atoms with E-state index in [0.717, 1.165) is 11.3 Å². The van der Waals surface area contributed by atoms with E-state index < -0.39 is 11.9 Å². The first-order valence-corrected chi connectivity index (χ1v) is 7.40. The van der Waals surface area contributed by atoms with Crippen molar-refractivity contribution in [1.29, 1.82) is 0 Å². The number of nitrogens with one attached hydrogen (secondary N) is 2. The lowest BCUT2D eigenvalue weighted by atomic mass is 10.1. The average molecular weight is 321 g/mol. The van der Waals surface area contributed by atoms with Crippen molar-refractivity contribution in [2.24, 2.45) is 0 Å². The van der Waals surface area contributed by atoms with E-state index in [0.29, 0.717) is 6.42 Å². The van der Waals surface area contributed by atoms with Crippen molar-refractivity contribution in [1.82, 2.24) is 10.9 Å². The minimum absolute atomic E-state index is 0.104. The average Bonchev–Trinajstić information content (AvgIpc) is 2.49. The van der Waals surface area contributed by atoms with E-state index in [1.165, 1.54) is 0 Å². The standard InChI is InChI=1S/C16H22N2O5/c1-11(2)23-13-6-3-12(4-7-13)5-8-14(19)17-18-15(20)9-10-16(21)22/h3-4,6-7,11H,5,8-10H2,1-2H3,(H,17,19)(H,18,20)(H,21,22)/p-1. The predicted octanol–water partition coefficient (Wildman–Crippen LogP) is 0.0839. The number of carboxylic acids is 1. The van der Waals surface area contributed by atoms with Crippen molar-refractivity contribution in [3.05, 3.63) is 29.8 Å². The maximum absolute atomic E-state index is 11.6. The van der Waals surface area contributed by atoms with Crippen molar-refractivity contribution in [3.63, 3.8) is 0 Å². The third-order valence-electron chi connectivity index (χ3n) is 2.83. The Bertz CT molecular complexity index is 540. The Hall–Kier alpha value is -2.57. The van der Waals surface area contributed by atoms with E-state index >= 15 is 0 Å². The molecule has 0 aliphatic rings. The highest BCUT2D eigenvalue weighted by Crippen LogP contribution is 2.14. The van der Waals surface area contributed by atoms with Crippen molar-refractivity contribution in [2.75, 3.05) is 0 Å². The molecule has 0 spiro atoms. The fourth-order valence-corrected chi connectivity index (χ4v) is 1.74. The van der Waals surface area contributed by atoms with Crippen molar-refractivity contribution < 1.29 is 24.2 Å². The van der Waals surface area contributed by atoms with Gasteiger partial charge in [0.1, 0.15) is 5.75 Å². The zero-order valence-electron chi connectivity index (χ0n) is 13.3. The normalized spacial score (nSPS) is 10.2. The third-order valence-corrected chi connectivity index (χ3v) is 2.83. The molecular formula is C16H21N2O5-. The summed E-state index contributed by atoms with van der Waals surface area (Å²) in [5, 5.41) is 10.2. The molecule has 0 atom stereocenters. The molecular weight excluding hydrogens is 300 g/mol. The molecule has 0 radical (unpaired) electrons. The van der Waals surface area contributed by atoms with Gasteiger partial charge in [0.25, 0.3) is 0 Å². The van der Waals surface area contributed by atoms with Crippen LogP contribution in [0.15, 0.2) is 24.3 Å². The van der Waals surface area contributed by atoms with Crippen LogP contribution in [0.2, 0.25) is 0 Å². The third kappa shape index (κ3) is 8.45. The molecule has 2 N–H and O–H groups in total. The monoisotopic (exact) mass is 321 g/mol. The molecule has 0 saturated heterocycles. The molecule has 7 nitrogen and oxygen atoms in total. The van der Waals surface area contributed by atoms with Gasteiger partial charge in [-0.15, -0.1) is 0 Å². The van der Waals surface area contributed by atoms with Crippen LogP contribution in [0.4, 0.5) is 0 Å². The molecule has 1 aromatic rings. The van der Waals surface area contributed by atoms with Crippen molar-refractivity contribution in [2.45, 2.75) is 45.6 Å². The minimum Gasteiger partial charge on any atom is -0.550 e. The Balaban J connectivity index is 2.27. The highest BCUT2D eigenvalue weighted by atomic mass is 16.5. The molecule has 0 aliphatic heterocycles. The van der Waals surface area contributed by atoms with Gasteiger partial charge >= 0.3 is 0 Å². The smallest absolute Gasteiger partial charge is 0.238 e. The number of aliphatic carboxylic acids is 1. The Labute approximate surface area is 135 Å². The Morgan fingerprint density at radius 3 is 2.09 bits per heavy atom. The number of aryl methyl sites for hydroxylation is 1. The fraction of sp³-hybridized carbons (Fsp3) is 0.438. The Morgan fingerprint density at radius 1 is 1.00 bits per heavy atom. The number of carbonyl (C=O) groups excluding carboxylic acids is 3. The van der Waals surface area contributed by atoms with E-state index in [-0.39, 0.29) is 31.3 Å². The molecule has 0 bridgehead atoms. The topological polar surface area (TPSA) is 108 Å². The largest absolute Gasteiger partial charge is 0.550 e. The number of hydrazine groups is 1. The predicted molar refractivity (Wildman–Crippen MR) is 81.1 cm³/mol. The molecule has 0 fully saturated rings. The Kier molecular flexibility index (Phi) is 7.59. The first kappa shape index (κ1) is 18.5. The molecule has 0 aromatic heterocycles. The summed E-state index contributed by atoms with van der Waals surface area (Å²) in [6.45, 7) is 3.89. The number of amides is 2. The number of carbonyl (C=O) groups is 3. The second kappa shape index (κ2) is 9.45. The van der Waals surface area contributed by atoms with Gasteiger partial charge in [-0.05, 0) is 44.4 Å². The summed E-state index contributed by atoms with van der Waals surface area (Å²) in [6.07, 6.45) is 0.201. The highest BCUT2D eigenvalue weighted by molar-refractivity contribution is 5.83. The second-order valence-electron chi connectivity index (χ2n) is 5.28. The van der Waals surface area contributed by atoms with Crippen molar-refractivity contribution in [3.8, 4) is 5.75 Å². The number of rotatable bonds is 8. The summed E-state index contributed by atoms with van der Waals surface area (Å²) >= 11 is 0. The minimum atomic E-state index is -1.31. The first-order chi connectivity index (χ1) is 10.9. The molecule has 1 aromatic carbocycles. The molecule has 23 heavy (non-hydrogen) atoms. The van der Waals surface area contributed by atoms with Gasteiger partial charge in [0.2, 0.25) is 11.8 Å². The van der Waals surface area contributed by atoms with E-state index in [9.17, 15) is 19.5 Å². The fourth-order valence-electron chi connectivity index (χ4n) is 1.74. The van der Waals surface area contributed by atoms with Crippen LogP contribution in [0.5, 0.6) is 5.75 Å². The molecule has 0 saturated carbocycles. The summed E-state index contributed by atoms with van der Waals surface area (Å²) < 4.78 is 5.53. The summed E-state index contributed by atoms with van der Waals surface area (Å²) in [4.78, 5) is 33.0. The Morgan fingerprint density at radius 2 is 1.57 bits per heavy atom. The molecule has 126 valence electrons. The number of carboxylic acid groups (broad SMARTS) is 1. The van der Waals surface area contributed by atoms with Gasteiger partial charge in [-0.1, -0.05) is 12.1 Å². The lowest BCUT2D eigenvalue weighted by molar-refractivity contribution is -0.305. The number of hydrogen-bond acceptors (Lipinski definition) is 5. The lowest BCUT2D eigenvalue weighted by Crippen LogP contribution is -2.42. The van der Waals surface area contributed by atoms with Crippen LogP contribution in [0.3, 0.4) is 0 Å². The summed E-state index contributed by atoms with van der Waals surface area (Å²) in [5.41, 5.74) is 5.36. The first-order valence-electron chi connectivity index (χ1n) is 7.40. The highest BCUT2D eigenvalue weighted by Gasteiger charge is 2.06. The van der Waals surface area contributed by atoms with Gasteiger partial charge < -0.3 is 14.6 Å². The molecule has 1 rings (SSSR count). The molecule has 7 heteroatoms. The van der Waals surface area contributed by atoms with Crippen LogP contribution in [-0.2, 0) is 20.8 Å². The summed E-state index contributed by atoms with van der Waals surface area (Å²) in [7, 11) is 0. The molecule has 0 aliphatic carbocycles. The van der Waals surface area contributed by atoms with Gasteiger partial charge in [0.15, 0.2) is 0 Å². The number of hydrogen-bond donors (Lipinski definition) is 2. The number of benzene rings is 1. The van der Waals surface area contributed by atoms with Crippen LogP contribution in [0.25, 0.3) is 0 Å². The summed E-state index contributed by atoms with van der Waals surface area (Å²) in [5.74, 6) is -1.46. The second-order valence-corrected chi connectivity index (χ2v) is 5.28. The lowest BCUT2D eigenvalue weighted by Gasteiger charge is -2.10. The van der Waals surface area contributed by atoms with Crippen LogP contribution < -0.4 is 20.7 Å². The van der Waals surface area contributed by atoms with Gasteiger partial charge in [-0.2, -0.15) is 0 Å². The summed E-state index contributed by atoms with van der Waals surface area (Å²) in [6, 6.07) is 7.44. The van der Waals surface area contributed by atoms with Crippen molar-refractivity contribution >= 4 is 17.8 Å². The van der Waals surface area contributed by atoms with E-state index in [4.69, 9.17) is 4.74 Å². The molecule has 0 unspecified atom stereocenters. The number of ether oxygens (including phenoxy) is 1. The zero-order valence-corrected chi connectivity index (χ0v) is 13.3. The maximum Gasteiger partial charge on any atom is 0.238 e. The van der Waals surface area contributed by atoms with Crippen LogP contribution in [0.1, 0.15) is 38.7 Å². The van der Waals surface area contributed by atoms with E-state index in [1.54, 1.807) is 0 Å². The van der Waals surface area contributed by atoms with Gasteiger partial charge in [-0.3, -0.25) is 20.4 Å². The SMILES string of the molecule is CC(C)Oc1ccc(CCC(=O)NNC(=O)CCC(=O)[O-])cc1. The van der Waals surface area contributed by atoms with Crippen LogP contribution in [-0.4, -0.2) is 23.9 Å². The van der Waals surface area contributed by atoms with Crippen LogP contribution >= 0.6 is 0 Å². The quantitative estimate of drug-likeness (QED) is 0.660. The van der Waals surface area contributed by atoms with E-state index in [1.807, 2.05) is 38.1 Å². The zero-order chi connectivity index (χ0) is 17.2. The van der Waals surface area contributed by atoms with Gasteiger partial charge in [0, 0.05) is 18.8 Å². The molecule has 2 amide bonds. The maximum atomic E-state index is 11.6. The van der Waals surface area contributed by atoms with Crippen LogP contribution in [0, 0.1) is 0 Å². The molecule has 0 heterocycles. The van der Waals surface area contributed by atoms with Gasteiger partial charge in [0.05, 0.1) is 6.10 Å². The van der Waals surface area contributed by atoms with Gasteiger partial charge in [-0.25, -0.2) is 0 Å². The van der Waals surface area contributed by atoms with E-state index in [2.05, 4.69) is 10.9 Å².